The summed E-state index contributed by atoms with van der Waals surface area (Å²) in [5.41, 5.74) is 4.33. The predicted octanol–water partition coefficient (Wildman–Crippen LogP) is 4.29. The highest BCUT2D eigenvalue weighted by Crippen LogP contribution is 2.51. The Hall–Kier alpha value is -3.35. The van der Waals surface area contributed by atoms with Gasteiger partial charge in [0.15, 0.2) is 28.8 Å². The molecule has 7 heteroatoms. The lowest BCUT2D eigenvalue weighted by atomic mass is 9.75. The van der Waals surface area contributed by atoms with Crippen molar-refractivity contribution in [3.8, 4) is 28.7 Å². The number of rotatable bonds is 6. The number of carbonyl (C=O) groups is 1. The molecule has 0 bridgehead atoms. The van der Waals surface area contributed by atoms with E-state index in [1.807, 2.05) is 18.2 Å². The second-order valence-corrected chi connectivity index (χ2v) is 7.47. The van der Waals surface area contributed by atoms with E-state index in [1.54, 1.807) is 41.6 Å². The van der Waals surface area contributed by atoms with Crippen LogP contribution in [-0.2, 0) is 4.79 Å². The Bertz CT molecular complexity index is 1060. The summed E-state index contributed by atoms with van der Waals surface area (Å²) in [7, 11) is 7.99. The van der Waals surface area contributed by atoms with Gasteiger partial charge in [-0.2, -0.15) is 0 Å². The summed E-state index contributed by atoms with van der Waals surface area (Å²) >= 11 is 0. The van der Waals surface area contributed by atoms with Crippen molar-refractivity contribution in [2.75, 3.05) is 40.9 Å². The van der Waals surface area contributed by atoms with E-state index in [0.29, 0.717) is 35.2 Å². The van der Waals surface area contributed by atoms with Crippen LogP contribution in [0.2, 0.25) is 0 Å². The Morgan fingerprint density at radius 1 is 0.710 bits per heavy atom. The largest absolute Gasteiger partial charge is 0.496 e. The normalized spacial score (nSPS) is 17.3. The molecule has 0 aromatic heterocycles. The van der Waals surface area contributed by atoms with Gasteiger partial charge in [-0.3, -0.25) is 4.79 Å². The third-order valence-electron chi connectivity index (χ3n) is 5.94. The van der Waals surface area contributed by atoms with Crippen LogP contribution >= 0.6 is 0 Å². The second kappa shape index (κ2) is 8.41. The maximum Gasteiger partial charge on any atom is 0.164 e. The highest BCUT2D eigenvalue weighted by molar-refractivity contribution is 6.01. The molecule has 164 valence electrons. The van der Waals surface area contributed by atoms with E-state index >= 15 is 0 Å². The molecule has 4 rings (SSSR count). The van der Waals surface area contributed by atoms with Crippen LogP contribution in [0.15, 0.2) is 35.5 Å². The third kappa shape index (κ3) is 3.44. The molecule has 0 fully saturated rings. The van der Waals surface area contributed by atoms with Crippen LogP contribution in [0.1, 0.15) is 36.3 Å². The second-order valence-electron chi connectivity index (χ2n) is 7.47. The summed E-state index contributed by atoms with van der Waals surface area (Å²) in [4.78, 5) is 13.1. The lowest BCUT2D eigenvalue weighted by Crippen LogP contribution is -2.27. The van der Waals surface area contributed by atoms with Crippen LogP contribution in [0.5, 0.6) is 28.7 Å². The number of fused-ring (bicyclic) bond motifs is 1. The molecule has 0 radical (unpaired) electrons. The lowest BCUT2D eigenvalue weighted by Gasteiger charge is -2.35. The first kappa shape index (κ1) is 20.9. The maximum atomic E-state index is 13.1. The number of ether oxygens (including phenoxy) is 5. The quantitative estimate of drug-likeness (QED) is 0.740. The lowest BCUT2D eigenvalue weighted by molar-refractivity contribution is -0.116. The molecule has 1 aliphatic heterocycles. The molecule has 2 aromatic carbocycles. The molecule has 1 N–H and O–H groups in total. The van der Waals surface area contributed by atoms with Gasteiger partial charge in [-0.05, 0) is 30.5 Å². The van der Waals surface area contributed by atoms with Crippen LogP contribution in [0, 0.1) is 0 Å². The number of ketones is 1. The summed E-state index contributed by atoms with van der Waals surface area (Å²) in [5.74, 6) is 2.77. The van der Waals surface area contributed by atoms with Gasteiger partial charge in [0.2, 0.25) is 0 Å². The van der Waals surface area contributed by atoms with E-state index in [9.17, 15) is 4.79 Å². The predicted molar refractivity (Wildman–Crippen MR) is 117 cm³/mol. The van der Waals surface area contributed by atoms with Crippen molar-refractivity contribution < 1.29 is 28.5 Å². The number of benzene rings is 2. The Morgan fingerprint density at radius 2 is 1.26 bits per heavy atom. The van der Waals surface area contributed by atoms with Crippen molar-refractivity contribution in [3.05, 3.63) is 46.7 Å². The van der Waals surface area contributed by atoms with Crippen molar-refractivity contribution >= 4 is 11.5 Å². The highest BCUT2D eigenvalue weighted by atomic mass is 16.5. The molecule has 0 saturated carbocycles. The summed E-state index contributed by atoms with van der Waals surface area (Å²) in [6, 6.07) is 7.52. The Balaban J connectivity index is 2.01. The number of carbonyl (C=O) groups excluding carboxylic acids is 1. The first-order valence-electron chi connectivity index (χ1n) is 10.1. The summed E-state index contributed by atoms with van der Waals surface area (Å²) in [5, 5.41) is 3.47. The van der Waals surface area contributed by atoms with Gasteiger partial charge in [0.25, 0.3) is 0 Å². The smallest absolute Gasteiger partial charge is 0.164 e. The molecule has 2 aromatic rings. The molecular formula is C24H27NO6. The monoisotopic (exact) mass is 425 g/mol. The van der Waals surface area contributed by atoms with Gasteiger partial charge in [-0.15, -0.1) is 0 Å². The van der Waals surface area contributed by atoms with Crippen molar-refractivity contribution in [2.24, 2.45) is 0 Å². The van der Waals surface area contributed by atoms with Crippen molar-refractivity contribution in [1.29, 1.82) is 0 Å². The third-order valence-corrected chi connectivity index (χ3v) is 5.94. The van der Waals surface area contributed by atoms with Crippen LogP contribution in [0.4, 0.5) is 5.69 Å². The zero-order chi connectivity index (χ0) is 22.1. The van der Waals surface area contributed by atoms with Gasteiger partial charge in [0, 0.05) is 47.0 Å². The fraction of sp³-hybridized carbons (Fsp3) is 0.375. The minimum absolute atomic E-state index is 0.135. The Morgan fingerprint density at radius 3 is 1.87 bits per heavy atom. The molecule has 0 amide bonds. The fourth-order valence-electron chi connectivity index (χ4n) is 4.49. The van der Waals surface area contributed by atoms with Crippen LogP contribution in [0.25, 0.3) is 0 Å². The van der Waals surface area contributed by atoms with Gasteiger partial charge in [-0.25, -0.2) is 0 Å². The Labute approximate surface area is 181 Å². The van der Waals surface area contributed by atoms with Crippen LogP contribution < -0.4 is 29.0 Å². The molecule has 0 unspecified atom stereocenters. The molecule has 2 aliphatic rings. The molecule has 31 heavy (non-hydrogen) atoms. The molecule has 1 atom stereocenters. The van der Waals surface area contributed by atoms with Crippen LogP contribution in [0.3, 0.4) is 0 Å². The number of methoxy groups -OCH3 is 5. The minimum Gasteiger partial charge on any atom is -0.496 e. The van der Waals surface area contributed by atoms with Gasteiger partial charge < -0.3 is 29.0 Å². The number of allylic oxidation sites excluding steroid dienone is 2. The van der Waals surface area contributed by atoms with Gasteiger partial charge >= 0.3 is 0 Å². The first-order valence-corrected chi connectivity index (χ1v) is 10.1. The topological polar surface area (TPSA) is 75.2 Å². The van der Waals surface area contributed by atoms with Crippen molar-refractivity contribution in [1.82, 2.24) is 0 Å². The van der Waals surface area contributed by atoms with Crippen molar-refractivity contribution in [2.45, 2.75) is 25.2 Å². The average Bonchev–Trinajstić information content (AvgIpc) is 2.81. The summed E-state index contributed by atoms with van der Waals surface area (Å²) in [6.45, 7) is 0. The highest BCUT2D eigenvalue weighted by Gasteiger charge is 2.38. The number of Topliss-reactive ketones (excluding diaryl/α,β-unsaturated/α-hetero) is 1. The van der Waals surface area contributed by atoms with Gasteiger partial charge in [0.1, 0.15) is 5.75 Å². The molecule has 0 spiro atoms. The maximum absolute atomic E-state index is 13.1. The molecule has 0 saturated heterocycles. The summed E-state index contributed by atoms with van der Waals surface area (Å²) < 4.78 is 27.8. The fourth-order valence-corrected chi connectivity index (χ4v) is 4.49. The number of hydrogen-bond donors (Lipinski definition) is 1. The minimum atomic E-state index is -0.339. The van der Waals surface area contributed by atoms with E-state index < -0.39 is 0 Å². The van der Waals surface area contributed by atoms with Crippen LogP contribution in [-0.4, -0.2) is 41.3 Å². The number of anilines is 1. The average molecular weight is 425 g/mol. The van der Waals surface area contributed by atoms with E-state index in [2.05, 4.69) is 5.32 Å². The van der Waals surface area contributed by atoms with Gasteiger partial charge in [-0.1, -0.05) is 0 Å². The standard InChI is InChI=1S/C24H27NO6/c1-27-18-12-22(31-5)20(29-3)10-14(18)23-13-9-19(28-2)21(30-4)11-16(13)25-15-7-6-8-17(26)24(15)23/h9-12,23,25H,6-8H2,1-5H3/t23-/m0/s1. The van der Waals surface area contributed by atoms with E-state index in [-0.39, 0.29) is 11.7 Å². The summed E-state index contributed by atoms with van der Waals surface area (Å²) in [6.07, 6.45) is 2.15. The molecule has 1 heterocycles. The SMILES string of the molecule is COc1cc2c(cc1OC)[C@@H](c1cc(OC)c(OC)cc1OC)C1=C(CCCC1=O)N2. The molecule has 1 aliphatic carbocycles. The zero-order valence-electron chi connectivity index (χ0n) is 18.5. The number of nitrogens with one attached hydrogen (secondary N) is 1. The molecular weight excluding hydrogens is 398 g/mol. The number of hydrogen-bond acceptors (Lipinski definition) is 7. The van der Waals surface area contributed by atoms with E-state index in [1.165, 1.54) is 0 Å². The first-order chi connectivity index (χ1) is 15.1. The zero-order valence-corrected chi connectivity index (χ0v) is 18.5. The van der Waals surface area contributed by atoms with E-state index in [4.69, 9.17) is 23.7 Å². The molecule has 7 nitrogen and oxygen atoms in total. The van der Waals surface area contributed by atoms with E-state index in [0.717, 1.165) is 40.9 Å². The Kier molecular flexibility index (Phi) is 5.67. The van der Waals surface area contributed by atoms with Gasteiger partial charge in [0.05, 0.1) is 35.5 Å². The van der Waals surface area contributed by atoms with Crippen molar-refractivity contribution in [3.63, 3.8) is 0 Å².